The van der Waals surface area contributed by atoms with Gasteiger partial charge in [0, 0.05) is 44.3 Å². The zero-order chi connectivity index (χ0) is 68.6. The third-order valence-electron chi connectivity index (χ3n) is 19.4. The number of ether oxygens (including phenoxy) is 2. The van der Waals surface area contributed by atoms with Gasteiger partial charge < -0.3 is 27.7 Å². The lowest BCUT2D eigenvalue weighted by Crippen LogP contribution is -1.98. The molecule has 0 amide bonds. The molecule has 0 saturated carbocycles. The van der Waals surface area contributed by atoms with E-state index in [0.717, 1.165) is 90.1 Å². The number of benzene rings is 14. The quantitative estimate of drug-likeness (QED) is 0.109. The first kappa shape index (κ1) is 62.4. The molecule has 0 N–H and O–H groups in total. The lowest BCUT2D eigenvalue weighted by molar-refractivity contribution is 0.482. The second-order valence-corrected chi connectivity index (χ2v) is 26.5. The van der Waals surface area contributed by atoms with Crippen molar-refractivity contribution in [1.82, 2.24) is 18.3 Å². The van der Waals surface area contributed by atoms with E-state index in [4.69, 9.17) is 9.47 Å². The summed E-state index contributed by atoms with van der Waals surface area (Å²) in [4.78, 5) is 0. The zero-order valence-electron chi connectivity index (χ0n) is 57.2. The Balaban J connectivity index is 0.000000152. The molecule has 6 nitrogen and oxygen atoms in total. The molecule has 0 aliphatic rings. The van der Waals surface area contributed by atoms with Crippen LogP contribution in [0.25, 0.3) is 134 Å². The number of fused-ring (bicyclic) bond motifs is 4. The Bertz CT molecular complexity index is 5630. The molecule has 14 aromatic carbocycles. The van der Waals surface area contributed by atoms with E-state index < -0.39 is 0 Å². The van der Waals surface area contributed by atoms with E-state index in [1.807, 2.05) is 84.9 Å². The van der Waals surface area contributed by atoms with Gasteiger partial charge in [-0.15, -0.1) is 0 Å². The molecule has 18 rings (SSSR count). The van der Waals surface area contributed by atoms with Crippen LogP contribution in [0, 0.1) is 27.7 Å². The van der Waals surface area contributed by atoms with Crippen LogP contribution in [-0.4, -0.2) is 18.3 Å². The van der Waals surface area contributed by atoms with Crippen LogP contribution >= 0.6 is 0 Å². The van der Waals surface area contributed by atoms with Crippen LogP contribution in [0.5, 0.6) is 23.0 Å². The molecule has 0 bridgehead atoms. The summed E-state index contributed by atoms with van der Waals surface area (Å²) in [6, 6.07) is 130. The molecule has 0 atom stereocenters. The van der Waals surface area contributed by atoms with Crippen LogP contribution in [-0.2, 0) is 0 Å². The highest BCUT2D eigenvalue weighted by atomic mass is 16.5. The smallest absolute Gasteiger partial charge is 0.127 e. The van der Waals surface area contributed by atoms with Gasteiger partial charge in [-0.3, -0.25) is 0 Å². The molecule has 102 heavy (non-hydrogen) atoms. The van der Waals surface area contributed by atoms with E-state index in [9.17, 15) is 0 Å². The van der Waals surface area contributed by atoms with Crippen LogP contribution in [0.1, 0.15) is 22.3 Å². The second-order valence-electron chi connectivity index (χ2n) is 26.5. The van der Waals surface area contributed by atoms with E-state index in [2.05, 4.69) is 325 Å². The highest BCUT2D eigenvalue weighted by Gasteiger charge is 2.22. The maximum atomic E-state index is 6.15. The molecule has 0 aliphatic heterocycles. The first-order valence-electron chi connectivity index (χ1n) is 34.8. The fraction of sp³-hybridized carbons (Fsp3) is 0.0417. The Morgan fingerprint density at radius 1 is 0.176 bits per heavy atom. The molecule has 4 heterocycles. The summed E-state index contributed by atoms with van der Waals surface area (Å²) in [6.07, 6.45) is 0. The van der Waals surface area contributed by atoms with E-state index in [0.29, 0.717) is 0 Å². The van der Waals surface area contributed by atoms with Crippen molar-refractivity contribution in [3.63, 3.8) is 0 Å². The van der Waals surface area contributed by atoms with Gasteiger partial charge in [0.2, 0.25) is 0 Å². The average Bonchev–Trinajstić information content (AvgIpc) is 1.58. The van der Waals surface area contributed by atoms with Crippen LogP contribution in [0.15, 0.2) is 364 Å². The van der Waals surface area contributed by atoms with E-state index >= 15 is 0 Å². The summed E-state index contributed by atoms with van der Waals surface area (Å²) < 4.78 is 21.9. The number of para-hydroxylation sites is 2. The SMILES string of the molecule is Cc1ccc(-c2cc3cc4c(cc(-c5ccc(C)cc5)n4-c4ccc(Oc5ccccc5)cc4)cc3n2-c2ccc(Oc3ccccc3)cc2)cc1.Cc1ccc(-c2cc3cc4c(cc(-c5ccc(C)cc5)n4-c4cccc(-c5ccccc5)c4)cc3n2-c2cccc(-c3ccccc3)c2)cc1. The van der Waals surface area contributed by atoms with E-state index in [-0.39, 0.29) is 0 Å². The monoisotopic (exact) mass is 1310 g/mol. The summed E-state index contributed by atoms with van der Waals surface area (Å²) in [5.41, 5.74) is 28.2. The number of nitrogens with zero attached hydrogens (tertiary/aromatic N) is 4. The van der Waals surface area contributed by atoms with Crippen molar-refractivity contribution in [3.05, 3.63) is 386 Å². The van der Waals surface area contributed by atoms with Gasteiger partial charge in [-0.25, -0.2) is 0 Å². The topological polar surface area (TPSA) is 38.2 Å². The summed E-state index contributed by atoms with van der Waals surface area (Å²) in [5.74, 6) is 3.23. The molecule has 18 aromatic rings. The summed E-state index contributed by atoms with van der Waals surface area (Å²) in [6.45, 7) is 8.55. The molecule has 0 radical (unpaired) electrons. The van der Waals surface area contributed by atoms with Crippen LogP contribution in [0.3, 0.4) is 0 Å². The standard InChI is InChI=1S/C48H36N2O2.C48H36N2/c1-33-13-17-35(18-14-33)45-29-37-31-48-38(32-47(37)49(45)39-21-25-43(26-22-39)51-41-9-5-3-6-10-41)30-46(36-19-15-34(2)16-20-36)50(48)40-23-27-44(28-24-40)52-42-11-7-4-8-12-42;1-33-19-23-37(24-20-33)45-29-41-31-48-42(32-47(41)49(45)43-17-9-15-39(27-43)35-11-5-3-6-12-35)30-46(38-25-21-34(2)22-26-38)50(48)44-18-10-16-40(28-44)36-13-7-4-8-14-36/h3-32H,1-2H3;3-32H,1-2H3. The Kier molecular flexibility index (Phi) is 16.5. The molecule has 0 aliphatic carbocycles. The van der Waals surface area contributed by atoms with Gasteiger partial charge in [-0.05, 0) is 218 Å². The molecular formula is C96H72N4O2. The summed E-state index contributed by atoms with van der Waals surface area (Å²) in [5, 5.41) is 4.72. The minimum absolute atomic E-state index is 0.797. The molecule has 0 fully saturated rings. The predicted octanol–water partition coefficient (Wildman–Crippen LogP) is 26.0. The van der Waals surface area contributed by atoms with Crippen molar-refractivity contribution >= 4 is 43.6 Å². The van der Waals surface area contributed by atoms with Gasteiger partial charge in [0.25, 0.3) is 0 Å². The minimum atomic E-state index is 0.797. The van der Waals surface area contributed by atoms with E-state index in [1.165, 1.54) is 88.8 Å². The number of aryl methyl sites for hydroxylation is 4. The van der Waals surface area contributed by atoms with Crippen LogP contribution in [0.4, 0.5) is 0 Å². The second kappa shape index (κ2) is 26.9. The molecular weight excluding hydrogens is 1240 g/mol. The van der Waals surface area contributed by atoms with Crippen molar-refractivity contribution in [3.8, 4) is 113 Å². The van der Waals surface area contributed by atoms with Crippen molar-refractivity contribution < 1.29 is 9.47 Å². The highest BCUT2D eigenvalue weighted by molar-refractivity contribution is 6.04. The van der Waals surface area contributed by atoms with Crippen molar-refractivity contribution in [2.24, 2.45) is 0 Å². The molecule has 6 heteroatoms. The zero-order valence-corrected chi connectivity index (χ0v) is 57.2. The molecule has 488 valence electrons. The van der Waals surface area contributed by atoms with Crippen molar-refractivity contribution in [2.75, 3.05) is 0 Å². The molecule has 0 spiro atoms. The summed E-state index contributed by atoms with van der Waals surface area (Å²) in [7, 11) is 0. The Labute approximate surface area is 594 Å². The number of hydrogen-bond acceptors (Lipinski definition) is 2. The fourth-order valence-corrected chi connectivity index (χ4v) is 14.2. The van der Waals surface area contributed by atoms with Crippen LogP contribution in [0.2, 0.25) is 0 Å². The predicted molar refractivity (Wildman–Crippen MR) is 425 cm³/mol. The molecule has 0 saturated heterocycles. The largest absolute Gasteiger partial charge is 0.457 e. The third kappa shape index (κ3) is 12.4. The van der Waals surface area contributed by atoms with Crippen LogP contribution < -0.4 is 9.47 Å². The molecule has 4 aromatic heterocycles. The van der Waals surface area contributed by atoms with Gasteiger partial charge in [-0.2, -0.15) is 0 Å². The summed E-state index contributed by atoms with van der Waals surface area (Å²) >= 11 is 0. The van der Waals surface area contributed by atoms with Gasteiger partial charge in [0.1, 0.15) is 23.0 Å². The first-order chi connectivity index (χ1) is 50.1. The fourth-order valence-electron chi connectivity index (χ4n) is 14.2. The van der Waals surface area contributed by atoms with E-state index in [1.54, 1.807) is 0 Å². The lowest BCUT2D eigenvalue weighted by atomic mass is 10.0. The van der Waals surface area contributed by atoms with Gasteiger partial charge in [0.05, 0.1) is 44.8 Å². The Morgan fingerprint density at radius 2 is 0.422 bits per heavy atom. The number of rotatable bonds is 14. The normalized spacial score (nSPS) is 11.3. The molecule has 0 unspecified atom stereocenters. The van der Waals surface area contributed by atoms with Gasteiger partial charge in [-0.1, -0.05) is 241 Å². The Morgan fingerprint density at radius 3 is 0.706 bits per heavy atom. The van der Waals surface area contributed by atoms with Crippen molar-refractivity contribution in [1.29, 1.82) is 0 Å². The maximum absolute atomic E-state index is 6.15. The van der Waals surface area contributed by atoms with Gasteiger partial charge in [0.15, 0.2) is 0 Å². The maximum Gasteiger partial charge on any atom is 0.127 e. The third-order valence-corrected chi connectivity index (χ3v) is 19.4. The Hall–Kier alpha value is -13.2. The van der Waals surface area contributed by atoms with Crippen molar-refractivity contribution in [2.45, 2.75) is 27.7 Å². The number of hydrogen-bond donors (Lipinski definition) is 0. The number of aromatic nitrogens is 4. The highest BCUT2D eigenvalue weighted by Crippen LogP contribution is 2.43. The average molecular weight is 1310 g/mol. The first-order valence-corrected chi connectivity index (χ1v) is 34.8. The van der Waals surface area contributed by atoms with Gasteiger partial charge >= 0.3 is 0 Å². The minimum Gasteiger partial charge on any atom is -0.457 e. The lowest BCUT2D eigenvalue weighted by Gasteiger charge is -2.14.